The average Bonchev–Trinajstić information content (AvgIpc) is 2.46. The molecule has 0 radical (unpaired) electrons. The first kappa shape index (κ1) is 15.6. The summed E-state index contributed by atoms with van der Waals surface area (Å²) in [5.74, 6) is 1.26. The molecule has 5 nitrogen and oxygen atoms in total. The van der Waals surface area contributed by atoms with Crippen molar-refractivity contribution >= 4 is 18.3 Å². The molecule has 2 rings (SSSR count). The number of methoxy groups -OCH3 is 1. The number of nitrogens with one attached hydrogen (secondary N) is 1. The van der Waals surface area contributed by atoms with Crippen LogP contribution in [0, 0.1) is 0 Å². The largest absolute Gasteiger partial charge is 0.493 e. The van der Waals surface area contributed by atoms with Gasteiger partial charge in [0.25, 0.3) is 5.91 Å². The highest BCUT2D eigenvalue weighted by Gasteiger charge is 2.17. The number of ether oxygens (including phenoxy) is 2. The van der Waals surface area contributed by atoms with E-state index < -0.39 is 0 Å². The Bertz CT molecular complexity index is 409. The highest BCUT2D eigenvalue weighted by molar-refractivity contribution is 5.85. The number of hydrogen-bond donors (Lipinski definition) is 1. The number of carbonyl (C=O) groups is 1. The molecule has 1 aromatic rings. The Morgan fingerprint density at radius 2 is 1.89 bits per heavy atom. The molecule has 6 heteroatoms. The molecule has 1 saturated heterocycles. The van der Waals surface area contributed by atoms with Crippen molar-refractivity contribution in [2.45, 2.75) is 0 Å². The van der Waals surface area contributed by atoms with Crippen molar-refractivity contribution in [2.24, 2.45) is 0 Å². The molecule has 0 unspecified atom stereocenters. The maximum absolute atomic E-state index is 11.9. The van der Waals surface area contributed by atoms with Crippen LogP contribution >= 0.6 is 12.4 Å². The lowest BCUT2D eigenvalue weighted by Crippen LogP contribution is -2.47. The van der Waals surface area contributed by atoms with Crippen LogP contribution in [0.2, 0.25) is 0 Å². The third-order valence-electron chi connectivity index (χ3n) is 2.89. The third-order valence-corrected chi connectivity index (χ3v) is 2.89. The summed E-state index contributed by atoms with van der Waals surface area (Å²) in [4.78, 5) is 13.7. The SMILES string of the molecule is COc1ccccc1OCC(=O)N1CCNCC1.Cl. The van der Waals surface area contributed by atoms with Crippen LogP contribution in [-0.4, -0.2) is 50.7 Å². The van der Waals surface area contributed by atoms with Crippen molar-refractivity contribution in [1.29, 1.82) is 0 Å². The van der Waals surface area contributed by atoms with Crippen LogP contribution in [-0.2, 0) is 4.79 Å². The lowest BCUT2D eigenvalue weighted by molar-refractivity contribution is -0.133. The Morgan fingerprint density at radius 3 is 2.53 bits per heavy atom. The van der Waals surface area contributed by atoms with Gasteiger partial charge in [0, 0.05) is 26.2 Å². The molecule has 1 aliphatic rings. The van der Waals surface area contributed by atoms with Gasteiger partial charge in [0.15, 0.2) is 18.1 Å². The minimum absolute atomic E-state index is 0. The van der Waals surface area contributed by atoms with Crippen LogP contribution in [0.1, 0.15) is 0 Å². The van der Waals surface area contributed by atoms with Crippen LogP contribution in [0.3, 0.4) is 0 Å². The van der Waals surface area contributed by atoms with E-state index in [9.17, 15) is 4.79 Å². The quantitative estimate of drug-likeness (QED) is 0.895. The molecule has 0 spiro atoms. The lowest BCUT2D eigenvalue weighted by atomic mass is 10.3. The molecule has 1 aliphatic heterocycles. The Labute approximate surface area is 119 Å². The van der Waals surface area contributed by atoms with E-state index in [1.165, 1.54) is 0 Å². The van der Waals surface area contributed by atoms with Crippen molar-refractivity contribution in [3.05, 3.63) is 24.3 Å². The second-order valence-electron chi connectivity index (χ2n) is 4.07. The van der Waals surface area contributed by atoms with Gasteiger partial charge < -0.3 is 19.7 Å². The molecule has 1 aromatic carbocycles. The summed E-state index contributed by atoms with van der Waals surface area (Å²) < 4.78 is 10.7. The van der Waals surface area contributed by atoms with Crippen LogP contribution in [0.5, 0.6) is 11.5 Å². The van der Waals surface area contributed by atoms with Gasteiger partial charge in [-0.05, 0) is 12.1 Å². The smallest absolute Gasteiger partial charge is 0.260 e. The summed E-state index contributed by atoms with van der Waals surface area (Å²) in [5.41, 5.74) is 0. The molecule has 1 amide bonds. The molecule has 0 atom stereocenters. The first-order valence-electron chi connectivity index (χ1n) is 6.05. The predicted molar refractivity (Wildman–Crippen MR) is 75.2 cm³/mol. The Kier molecular flexibility index (Phi) is 6.45. The standard InChI is InChI=1S/C13H18N2O3.ClH/c1-17-11-4-2-3-5-12(11)18-10-13(16)15-8-6-14-7-9-15;/h2-5,14H,6-10H2,1H3;1H. The van der Waals surface area contributed by atoms with E-state index in [-0.39, 0.29) is 24.9 Å². The number of para-hydroxylation sites is 2. The number of hydrogen-bond acceptors (Lipinski definition) is 4. The summed E-state index contributed by atoms with van der Waals surface area (Å²) in [5, 5.41) is 3.21. The van der Waals surface area contributed by atoms with Gasteiger partial charge in [-0.2, -0.15) is 0 Å². The minimum Gasteiger partial charge on any atom is -0.493 e. The Hall–Kier alpha value is -1.46. The second kappa shape index (κ2) is 7.86. The molecule has 1 N–H and O–H groups in total. The van der Waals surface area contributed by atoms with Gasteiger partial charge in [0.2, 0.25) is 0 Å². The van der Waals surface area contributed by atoms with E-state index in [0.717, 1.165) is 26.2 Å². The van der Waals surface area contributed by atoms with Gasteiger partial charge in [0.1, 0.15) is 0 Å². The number of carbonyl (C=O) groups excluding carboxylic acids is 1. The summed E-state index contributed by atoms with van der Waals surface area (Å²) in [7, 11) is 1.58. The van der Waals surface area contributed by atoms with E-state index >= 15 is 0 Å². The molecule has 106 valence electrons. The molecule has 1 heterocycles. The van der Waals surface area contributed by atoms with E-state index in [0.29, 0.717) is 11.5 Å². The van der Waals surface area contributed by atoms with Crippen LogP contribution in [0.4, 0.5) is 0 Å². The van der Waals surface area contributed by atoms with Crippen LogP contribution in [0.25, 0.3) is 0 Å². The lowest BCUT2D eigenvalue weighted by Gasteiger charge is -2.27. The van der Waals surface area contributed by atoms with Crippen molar-refractivity contribution in [3.63, 3.8) is 0 Å². The molecule has 0 bridgehead atoms. The third kappa shape index (κ3) is 4.29. The van der Waals surface area contributed by atoms with Crippen molar-refractivity contribution in [3.8, 4) is 11.5 Å². The topological polar surface area (TPSA) is 50.8 Å². The number of piperazine rings is 1. The Morgan fingerprint density at radius 1 is 1.26 bits per heavy atom. The van der Waals surface area contributed by atoms with E-state index in [1.54, 1.807) is 13.2 Å². The zero-order valence-electron chi connectivity index (χ0n) is 10.9. The van der Waals surface area contributed by atoms with Gasteiger partial charge in [-0.25, -0.2) is 0 Å². The normalized spacial score (nSPS) is 14.5. The van der Waals surface area contributed by atoms with Gasteiger partial charge in [-0.15, -0.1) is 12.4 Å². The van der Waals surface area contributed by atoms with Gasteiger partial charge in [-0.1, -0.05) is 12.1 Å². The van der Waals surface area contributed by atoms with Crippen LogP contribution in [0.15, 0.2) is 24.3 Å². The first-order chi connectivity index (χ1) is 8.81. The minimum atomic E-state index is 0. The van der Waals surface area contributed by atoms with Crippen molar-refractivity contribution < 1.29 is 14.3 Å². The molecular formula is C13H19ClN2O3. The molecule has 19 heavy (non-hydrogen) atoms. The number of nitrogens with zero attached hydrogens (tertiary/aromatic N) is 1. The van der Waals surface area contributed by atoms with Crippen molar-refractivity contribution in [1.82, 2.24) is 10.2 Å². The van der Waals surface area contributed by atoms with Gasteiger partial charge in [0.05, 0.1) is 7.11 Å². The maximum Gasteiger partial charge on any atom is 0.260 e. The zero-order chi connectivity index (χ0) is 12.8. The molecular weight excluding hydrogens is 268 g/mol. The van der Waals surface area contributed by atoms with Crippen LogP contribution < -0.4 is 14.8 Å². The fraction of sp³-hybridized carbons (Fsp3) is 0.462. The number of halogens is 1. The maximum atomic E-state index is 11.9. The predicted octanol–water partition coefficient (Wildman–Crippen LogP) is 0.928. The number of benzene rings is 1. The number of rotatable bonds is 4. The first-order valence-corrected chi connectivity index (χ1v) is 6.05. The van der Waals surface area contributed by atoms with Crippen molar-refractivity contribution in [2.75, 3.05) is 39.9 Å². The molecule has 0 saturated carbocycles. The fourth-order valence-electron chi connectivity index (χ4n) is 1.88. The molecule has 1 fully saturated rings. The molecule has 0 aliphatic carbocycles. The van der Waals surface area contributed by atoms with E-state index in [1.807, 2.05) is 23.1 Å². The summed E-state index contributed by atoms with van der Waals surface area (Å²) in [6.07, 6.45) is 0. The van der Waals surface area contributed by atoms with E-state index in [2.05, 4.69) is 5.32 Å². The zero-order valence-corrected chi connectivity index (χ0v) is 11.7. The average molecular weight is 287 g/mol. The van der Waals surface area contributed by atoms with E-state index in [4.69, 9.17) is 9.47 Å². The summed E-state index contributed by atoms with van der Waals surface area (Å²) >= 11 is 0. The second-order valence-corrected chi connectivity index (χ2v) is 4.07. The monoisotopic (exact) mass is 286 g/mol. The van der Waals surface area contributed by atoms with Gasteiger partial charge >= 0.3 is 0 Å². The summed E-state index contributed by atoms with van der Waals surface area (Å²) in [6, 6.07) is 7.32. The highest BCUT2D eigenvalue weighted by Crippen LogP contribution is 2.25. The van der Waals surface area contributed by atoms with Gasteiger partial charge in [-0.3, -0.25) is 4.79 Å². The Balaban J connectivity index is 0.00000180. The highest BCUT2D eigenvalue weighted by atomic mass is 35.5. The summed E-state index contributed by atoms with van der Waals surface area (Å²) in [6.45, 7) is 3.24. The molecule has 0 aromatic heterocycles. The fourth-order valence-corrected chi connectivity index (χ4v) is 1.88. The number of amides is 1.